The summed E-state index contributed by atoms with van der Waals surface area (Å²) < 4.78 is 30.6. The van der Waals surface area contributed by atoms with E-state index in [0.717, 1.165) is 23.6 Å². The maximum absolute atomic E-state index is 12.5. The number of aromatic nitrogens is 3. The molecule has 0 bridgehead atoms. The first-order valence-corrected chi connectivity index (χ1v) is 11.0. The van der Waals surface area contributed by atoms with Gasteiger partial charge >= 0.3 is 0 Å². The Morgan fingerprint density at radius 1 is 1.26 bits per heavy atom. The molecule has 27 heavy (non-hydrogen) atoms. The molecule has 0 N–H and O–H groups in total. The van der Waals surface area contributed by atoms with E-state index in [1.54, 1.807) is 6.20 Å². The van der Waals surface area contributed by atoms with Gasteiger partial charge in [0.15, 0.2) is 15.7 Å². The number of ether oxygens (including phenoxy) is 1. The van der Waals surface area contributed by atoms with E-state index in [0.29, 0.717) is 37.6 Å². The van der Waals surface area contributed by atoms with Gasteiger partial charge in [0.2, 0.25) is 0 Å². The van der Waals surface area contributed by atoms with Crippen molar-refractivity contribution < 1.29 is 13.2 Å². The molecule has 144 valence electrons. The normalized spacial score (nSPS) is 24.9. The van der Waals surface area contributed by atoms with E-state index in [1.807, 2.05) is 25.1 Å². The fraction of sp³-hybridized carbons (Fsp3) is 0.526. The second kappa shape index (κ2) is 7.16. The monoisotopic (exact) mass is 388 g/mol. The molecule has 4 rings (SSSR count). The van der Waals surface area contributed by atoms with Crippen molar-refractivity contribution in [3.63, 3.8) is 0 Å². The van der Waals surface area contributed by atoms with Crippen LogP contribution in [0, 0.1) is 6.92 Å². The average molecular weight is 388 g/mol. The molecule has 2 aliphatic heterocycles. The van der Waals surface area contributed by atoms with Crippen LogP contribution in [0.15, 0.2) is 24.4 Å². The van der Waals surface area contributed by atoms with Crippen LogP contribution >= 0.6 is 0 Å². The number of aryl methyl sites for hydroxylation is 1. The molecule has 0 aliphatic carbocycles. The fourth-order valence-corrected chi connectivity index (χ4v) is 5.64. The van der Waals surface area contributed by atoms with Gasteiger partial charge in [-0.25, -0.2) is 18.4 Å². The SMILES string of the molecule is Cc1cc(-c2nc(C3CCCS3(=O)=O)cc(N3CCOC[C@H]3C)n2)ccn1. The summed E-state index contributed by atoms with van der Waals surface area (Å²) in [5.41, 5.74) is 2.32. The van der Waals surface area contributed by atoms with Crippen LogP contribution in [0.1, 0.15) is 36.4 Å². The zero-order valence-corrected chi connectivity index (χ0v) is 16.4. The molecule has 1 unspecified atom stereocenters. The van der Waals surface area contributed by atoms with Crippen LogP contribution in [-0.4, -0.2) is 54.9 Å². The molecule has 4 heterocycles. The molecule has 0 amide bonds. The van der Waals surface area contributed by atoms with E-state index in [4.69, 9.17) is 9.72 Å². The van der Waals surface area contributed by atoms with Gasteiger partial charge < -0.3 is 9.64 Å². The summed E-state index contributed by atoms with van der Waals surface area (Å²) in [6, 6.07) is 5.82. The molecule has 2 saturated heterocycles. The number of hydrogen-bond donors (Lipinski definition) is 0. The molecule has 2 fully saturated rings. The van der Waals surface area contributed by atoms with E-state index in [-0.39, 0.29) is 11.8 Å². The van der Waals surface area contributed by atoms with Gasteiger partial charge in [0.05, 0.1) is 30.7 Å². The second-order valence-electron chi connectivity index (χ2n) is 7.28. The lowest BCUT2D eigenvalue weighted by atomic mass is 10.1. The van der Waals surface area contributed by atoms with Crippen LogP contribution in [0.3, 0.4) is 0 Å². The van der Waals surface area contributed by atoms with Crippen molar-refractivity contribution >= 4 is 15.7 Å². The fourth-order valence-electron chi connectivity index (χ4n) is 3.77. The average Bonchev–Trinajstić information content (AvgIpc) is 3.01. The lowest BCUT2D eigenvalue weighted by Gasteiger charge is -2.34. The molecule has 0 aromatic carbocycles. The standard InChI is InChI=1S/C19H24N4O3S/c1-13-10-15(5-6-20-13)19-21-16(17-4-3-9-27(17,24)25)11-18(22-19)23-7-8-26-12-14(23)2/h5-6,10-11,14,17H,3-4,7-9,12H2,1-2H3/t14-,17?/m1/s1. The molecule has 0 spiro atoms. The Morgan fingerprint density at radius 3 is 2.81 bits per heavy atom. The second-order valence-corrected chi connectivity index (χ2v) is 9.58. The van der Waals surface area contributed by atoms with Gasteiger partial charge in [0, 0.05) is 30.1 Å². The Bertz CT molecular complexity index is 948. The van der Waals surface area contributed by atoms with Crippen molar-refractivity contribution in [2.45, 2.75) is 38.0 Å². The summed E-state index contributed by atoms with van der Waals surface area (Å²) in [4.78, 5) is 15.8. The molecule has 2 aliphatic rings. The van der Waals surface area contributed by atoms with Crippen molar-refractivity contribution in [2.24, 2.45) is 0 Å². The van der Waals surface area contributed by atoms with Crippen LogP contribution in [-0.2, 0) is 14.6 Å². The highest BCUT2D eigenvalue weighted by Gasteiger charge is 2.35. The zero-order chi connectivity index (χ0) is 19.0. The van der Waals surface area contributed by atoms with E-state index in [9.17, 15) is 8.42 Å². The van der Waals surface area contributed by atoms with Crippen LogP contribution in [0.4, 0.5) is 5.82 Å². The molecule has 8 heteroatoms. The molecule has 2 atom stereocenters. The maximum atomic E-state index is 12.5. The largest absolute Gasteiger partial charge is 0.377 e. The van der Waals surface area contributed by atoms with Crippen molar-refractivity contribution in [1.29, 1.82) is 0 Å². The van der Waals surface area contributed by atoms with Crippen LogP contribution in [0.25, 0.3) is 11.4 Å². The predicted molar refractivity (Wildman–Crippen MR) is 103 cm³/mol. The number of rotatable bonds is 3. The highest BCUT2D eigenvalue weighted by molar-refractivity contribution is 7.91. The molecule has 0 saturated carbocycles. The van der Waals surface area contributed by atoms with Crippen molar-refractivity contribution in [3.8, 4) is 11.4 Å². The quantitative estimate of drug-likeness (QED) is 0.798. The molecule has 2 aromatic rings. The summed E-state index contributed by atoms with van der Waals surface area (Å²) in [5.74, 6) is 1.55. The minimum Gasteiger partial charge on any atom is -0.377 e. The number of morpholine rings is 1. The number of hydrogen-bond acceptors (Lipinski definition) is 7. The third kappa shape index (κ3) is 3.68. The number of nitrogens with zero attached hydrogens (tertiary/aromatic N) is 4. The Hall–Kier alpha value is -2.06. The van der Waals surface area contributed by atoms with Gasteiger partial charge in [0.25, 0.3) is 0 Å². The molecule has 0 radical (unpaired) electrons. The van der Waals surface area contributed by atoms with Gasteiger partial charge in [-0.15, -0.1) is 0 Å². The van der Waals surface area contributed by atoms with Gasteiger partial charge in [-0.1, -0.05) is 0 Å². The summed E-state index contributed by atoms with van der Waals surface area (Å²) in [6.07, 6.45) is 3.03. The van der Waals surface area contributed by atoms with Crippen LogP contribution in [0.2, 0.25) is 0 Å². The number of sulfone groups is 1. The van der Waals surface area contributed by atoms with Crippen LogP contribution in [0.5, 0.6) is 0 Å². The number of pyridine rings is 1. The topological polar surface area (TPSA) is 85.3 Å². The Balaban J connectivity index is 1.83. The minimum absolute atomic E-state index is 0.175. The minimum atomic E-state index is -3.15. The summed E-state index contributed by atoms with van der Waals surface area (Å²) in [7, 11) is -3.15. The Morgan fingerprint density at radius 2 is 2.11 bits per heavy atom. The Kier molecular flexibility index (Phi) is 4.86. The van der Waals surface area contributed by atoms with Crippen molar-refractivity contribution in [3.05, 3.63) is 35.8 Å². The van der Waals surface area contributed by atoms with Gasteiger partial charge in [0.1, 0.15) is 11.1 Å². The first-order chi connectivity index (χ1) is 12.9. The smallest absolute Gasteiger partial charge is 0.161 e. The first kappa shape index (κ1) is 18.3. The molecule has 2 aromatic heterocycles. The van der Waals surface area contributed by atoms with E-state index in [2.05, 4.69) is 21.8 Å². The zero-order valence-electron chi connectivity index (χ0n) is 15.6. The van der Waals surface area contributed by atoms with E-state index in [1.165, 1.54) is 0 Å². The molecular weight excluding hydrogens is 364 g/mol. The van der Waals surface area contributed by atoms with Gasteiger partial charge in [-0.05, 0) is 38.8 Å². The Labute approximate surface area is 159 Å². The lowest BCUT2D eigenvalue weighted by molar-refractivity contribution is 0.0985. The van der Waals surface area contributed by atoms with Gasteiger partial charge in [-0.2, -0.15) is 0 Å². The third-order valence-corrected chi connectivity index (χ3v) is 7.41. The third-order valence-electron chi connectivity index (χ3n) is 5.21. The van der Waals surface area contributed by atoms with Crippen molar-refractivity contribution in [2.75, 3.05) is 30.4 Å². The van der Waals surface area contributed by atoms with Gasteiger partial charge in [-0.3, -0.25) is 4.98 Å². The highest BCUT2D eigenvalue weighted by atomic mass is 32.2. The number of anilines is 1. The van der Waals surface area contributed by atoms with E-state index < -0.39 is 15.1 Å². The summed E-state index contributed by atoms with van der Waals surface area (Å²) in [6.45, 7) is 5.99. The predicted octanol–water partition coefficient (Wildman–Crippen LogP) is 2.32. The first-order valence-electron chi connectivity index (χ1n) is 9.32. The van der Waals surface area contributed by atoms with Crippen molar-refractivity contribution in [1.82, 2.24) is 15.0 Å². The summed E-state index contributed by atoms with van der Waals surface area (Å²) in [5, 5.41) is -0.544. The lowest BCUT2D eigenvalue weighted by Crippen LogP contribution is -2.44. The van der Waals surface area contributed by atoms with E-state index >= 15 is 0 Å². The van der Waals surface area contributed by atoms with Crippen LogP contribution < -0.4 is 4.90 Å². The molecule has 7 nitrogen and oxygen atoms in total. The highest BCUT2D eigenvalue weighted by Crippen LogP contribution is 2.36. The molecular formula is C19H24N4O3S. The summed E-state index contributed by atoms with van der Waals surface area (Å²) >= 11 is 0. The maximum Gasteiger partial charge on any atom is 0.161 e.